The van der Waals surface area contributed by atoms with E-state index in [4.69, 9.17) is 5.73 Å². The molecule has 0 aliphatic carbocycles. The first-order chi connectivity index (χ1) is 7.83. The van der Waals surface area contributed by atoms with Gasteiger partial charge in [-0.05, 0) is 37.6 Å². The first kappa shape index (κ1) is 14.0. The number of sulfonamides is 1. The van der Waals surface area contributed by atoms with Gasteiger partial charge in [0, 0.05) is 5.69 Å². The summed E-state index contributed by atoms with van der Waals surface area (Å²) >= 11 is 0. The van der Waals surface area contributed by atoms with Gasteiger partial charge in [-0.3, -0.25) is 0 Å². The zero-order valence-electron chi connectivity index (χ0n) is 9.97. The molecule has 0 bridgehead atoms. The van der Waals surface area contributed by atoms with Crippen LogP contribution >= 0.6 is 0 Å². The normalized spacial score (nSPS) is 15.5. The van der Waals surface area contributed by atoms with Crippen LogP contribution in [-0.2, 0) is 10.0 Å². The summed E-state index contributed by atoms with van der Waals surface area (Å²) in [6, 6.07) is 5.92. The van der Waals surface area contributed by atoms with Crippen LogP contribution in [-0.4, -0.2) is 25.7 Å². The van der Waals surface area contributed by atoms with E-state index in [0.717, 1.165) is 0 Å². The lowest BCUT2D eigenvalue weighted by Crippen LogP contribution is -2.48. The van der Waals surface area contributed by atoms with Gasteiger partial charge in [0.2, 0.25) is 10.0 Å². The SMILES string of the molecule is CCC(C)(CO)NS(=O)(=O)c1ccc(N)cc1. The molecule has 17 heavy (non-hydrogen) atoms. The second kappa shape index (κ2) is 5.03. The largest absolute Gasteiger partial charge is 0.399 e. The van der Waals surface area contributed by atoms with Crippen LogP contribution in [0, 0.1) is 0 Å². The third-order valence-electron chi connectivity index (χ3n) is 2.70. The minimum atomic E-state index is -3.62. The Labute approximate surface area is 102 Å². The van der Waals surface area contributed by atoms with E-state index in [-0.39, 0.29) is 11.5 Å². The Kier molecular flexibility index (Phi) is 4.13. The molecule has 0 saturated heterocycles. The highest BCUT2D eigenvalue weighted by molar-refractivity contribution is 7.89. The average Bonchev–Trinajstić information content (AvgIpc) is 2.29. The molecule has 0 aromatic heterocycles. The highest BCUT2D eigenvalue weighted by Gasteiger charge is 2.28. The predicted molar refractivity (Wildman–Crippen MR) is 67.0 cm³/mol. The first-order valence-electron chi connectivity index (χ1n) is 5.33. The third-order valence-corrected chi connectivity index (χ3v) is 4.35. The molecule has 0 aliphatic rings. The average molecular weight is 258 g/mol. The highest BCUT2D eigenvalue weighted by atomic mass is 32.2. The van der Waals surface area contributed by atoms with Gasteiger partial charge in [0.1, 0.15) is 0 Å². The number of nitrogen functional groups attached to an aromatic ring is 1. The van der Waals surface area contributed by atoms with E-state index in [2.05, 4.69) is 4.72 Å². The summed E-state index contributed by atoms with van der Waals surface area (Å²) in [6.07, 6.45) is 0.498. The van der Waals surface area contributed by atoms with Crippen molar-refractivity contribution in [2.24, 2.45) is 0 Å². The molecule has 0 amide bonds. The van der Waals surface area contributed by atoms with Crippen molar-refractivity contribution in [2.75, 3.05) is 12.3 Å². The molecule has 0 heterocycles. The van der Waals surface area contributed by atoms with E-state index in [1.807, 2.05) is 6.92 Å². The number of rotatable bonds is 5. The maximum atomic E-state index is 12.0. The highest BCUT2D eigenvalue weighted by Crippen LogP contribution is 2.16. The molecule has 4 N–H and O–H groups in total. The van der Waals surface area contributed by atoms with Crippen LogP contribution in [0.5, 0.6) is 0 Å². The van der Waals surface area contributed by atoms with E-state index in [1.54, 1.807) is 6.92 Å². The minimum absolute atomic E-state index is 0.139. The molecule has 1 atom stereocenters. The fourth-order valence-electron chi connectivity index (χ4n) is 1.25. The van der Waals surface area contributed by atoms with Crippen molar-refractivity contribution in [3.8, 4) is 0 Å². The molecule has 1 unspecified atom stereocenters. The molecular formula is C11H18N2O3S. The summed E-state index contributed by atoms with van der Waals surface area (Å²) in [5.74, 6) is 0. The number of hydrogen-bond acceptors (Lipinski definition) is 4. The molecule has 96 valence electrons. The van der Waals surface area contributed by atoms with Crippen LogP contribution in [0.4, 0.5) is 5.69 Å². The van der Waals surface area contributed by atoms with Gasteiger partial charge in [0.25, 0.3) is 0 Å². The van der Waals surface area contributed by atoms with Crippen LogP contribution in [0.15, 0.2) is 29.2 Å². The number of aliphatic hydroxyl groups is 1. The molecule has 0 fully saturated rings. The zero-order valence-corrected chi connectivity index (χ0v) is 10.8. The summed E-state index contributed by atoms with van der Waals surface area (Å²) in [6.45, 7) is 3.21. The van der Waals surface area contributed by atoms with Crippen LogP contribution < -0.4 is 10.5 Å². The summed E-state index contributed by atoms with van der Waals surface area (Å²) in [5.41, 5.74) is 5.15. The lowest BCUT2D eigenvalue weighted by molar-refractivity contribution is 0.191. The quantitative estimate of drug-likeness (QED) is 0.678. The molecule has 5 nitrogen and oxygen atoms in total. The molecule has 0 radical (unpaired) electrons. The maximum absolute atomic E-state index is 12.0. The number of nitrogens with two attached hydrogens (primary N) is 1. The van der Waals surface area contributed by atoms with E-state index < -0.39 is 15.6 Å². The fraction of sp³-hybridized carbons (Fsp3) is 0.455. The van der Waals surface area contributed by atoms with Crippen LogP contribution in [0.25, 0.3) is 0 Å². The maximum Gasteiger partial charge on any atom is 0.241 e. The van der Waals surface area contributed by atoms with E-state index in [9.17, 15) is 13.5 Å². The van der Waals surface area contributed by atoms with Crippen LogP contribution in [0.1, 0.15) is 20.3 Å². The zero-order chi connectivity index (χ0) is 13.1. The summed E-state index contributed by atoms with van der Waals surface area (Å²) in [4.78, 5) is 0.139. The van der Waals surface area contributed by atoms with Gasteiger partial charge >= 0.3 is 0 Å². The van der Waals surface area contributed by atoms with Crippen molar-refractivity contribution >= 4 is 15.7 Å². The van der Waals surface area contributed by atoms with Crippen molar-refractivity contribution in [3.63, 3.8) is 0 Å². The number of anilines is 1. The van der Waals surface area contributed by atoms with Crippen molar-refractivity contribution in [1.82, 2.24) is 4.72 Å². The van der Waals surface area contributed by atoms with Gasteiger partial charge in [-0.2, -0.15) is 0 Å². The Morgan fingerprint density at radius 1 is 1.35 bits per heavy atom. The molecule has 1 rings (SSSR count). The number of benzene rings is 1. The number of aliphatic hydroxyl groups excluding tert-OH is 1. The van der Waals surface area contributed by atoms with Gasteiger partial charge in [-0.1, -0.05) is 6.92 Å². The minimum Gasteiger partial charge on any atom is -0.399 e. The molecule has 0 spiro atoms. The first-order valence-corrected chi connectivity index (χ1v) is 6.82. The number of nitrogens with one attached hydrogen (secondary N) is 1. The van der Waals surface area contributed by atoms with Gasteiger partial charge < -0.3 is 10.8 Å². The van der Waals surface area contributed by atoms with Crippen molar-refractivity contribution in [1.29, 1.82) is 0 Å². The second-order valence-corrected chi connectivity index (χ2v) is 5.93. The lowest BCUT2D eigenvalue weighted by Gasteiger charge is -2.26. The van der Waals surface area contributed by atoms with Gasteiger partial charge in [0.05, 0.1) is 17.0 Å². The molecule has 1 aromatic carbocycles. The Hall–Kier alpha value is -1.11. The summed E-state index contributed by atoms with van der Waals surface area (Å²) in [5, 5.41) is 9.19. The molecule has 1 aromatic rings. The Morgan fingerprint density at radius 3 is 2.29 bits per heavy atom. The monoisotopic (exact) mass is 258 g/mol. The number of hydrogen-bond donors (Lipinski definition) is 3. The van der Waals surface area contributed by atoms with Crippen LogP contribution in [0.2, 0.25) is 0 Å². The summed E-state index contributed by atoms with van der Waals surface area (Å²) < 4.78 is 26.5. The van der Waals surface area contributed by atoms with Gasteiger partial charge in [-0.25, -0.2) is 13.1 Å². The van der Waals surface area contributed by atoms with Gasteiger partial charge in [0.15, 0.2) is 0 Å². The van der Waals surface area contributed by atoms with Crippen LogP contribution in [0.3, 0.4) is 0 Å². The molecule has 0 aliphatic heterocycles. The topological polar surface area (TPSA) is 92.4 Å². The Bertz CT molecular complexity index is 464. The van der Waals surface area contributed by atoms with E-state index in [1.165, 1.54) is 24.3 Å². The second-order valence-electron chi connectivity index (χ2n) is 4.25. The third kappa shape index (κ3) is 3.42. The van der Waals surface area contributed by atoms with Gasteiger partial charge in [-0.15, -0.1) is 0 Å². The molecular weight excluding hydrogens is 240 g/mol. The standard InChI is InChI=1S/C11H18N2O3S/c1-3-11(2,8-14)13-17(15,16)10-6-4-9(12)5-7-10/h4-7,13-14H,3,8,12H2,1-2H3. The predicted octanol–water partition coefficient (Wildman–Crippen LogP) is 0.708. The summed E-state index contributed by atoms with van der Waals surface area (Å²) in [7, 11) is -3.62. The molecule has 0 saturated carbocycles. The van der Waals surface area contributed by atoms with Crippen molar-refractivity contribution in [3.05, 3.63) is 24.3 Å². The van der Waals surface area contributed by atoms with E-state index >= 15 is 0 Å². The Balaban J connectivity index is 3.00. The van der Waals surface area contributed by atoms with Crippen molar-refractivity contribution < 1.29 is 13.5 Å². The molecule has 6 heteroatoms. The Morgan fingerprint density at radius 2 is 1.88 bits per heavy atom. The van der Waals surface area contributed by atoms with Crippen molar-refractivity contribution in [2.45, 2.75) is 30.7 Å². The lowest BCUT2D eigenvalue weighted by atomic mass is 10.0. The fourth-order valence-corrected chi connectivity index (χ4v) is 2.72. The van der Waals surface area contributed by atoms with E-state index in [0.29, 0.717) is 12.1 Å². The smallest absolute Gasteiger partial charge is 0.241 e.